The second-order valence-corrected chi connectivity index (χ2v) is 10.7. The maximum Gasteiger partial charge on any atom is 0.213 e. The second kappa shape index (κ2) is 12.5. The highest BCUT2D eigenvalue weighted by molar-refractivity contribution is 6.07. The topological polar surface area (TPSA) is 91.4 Å². The Kier molecular flexibility index (Phi) is 7.77. The van der Waals surface area contributed by atoms with Crippen LogP contribution in [0, 0.1) is 11.8 Å². The monoisotopic (exact) mass is 582 g/mol. The molecule has 4 aromatic heterocycles. The van der Waals surface area contributed by atoms with E-state index in [1.165, 1.54) is 0 Å². The number of fused-ring (bicyclic) bond motifs is 3. The fourth-order valence-electron chi connectivity index (χ4n) is 5.21. The summed E-state index contributed by atoms with van der Waals surface area (Å²) in [5.41, 5.74) is 6.03. The molecule has 8 heteroatoms. The van der Waals surface area contributed by atoms with Crippen LogP contribution in [0.2, 0.25) is 0 Å². The molecular weight excluding hydrogens is 552 g/mol. The molecule has 1 aliphatic carbocycles. The number of H-pyrrole nitrogens is 1. The molecule has 0 unspecified atom stereocenters. The molecule has 6 aromatic rings. The van der Waals surface area contributed by atoms with Gasteiger partial charge in [-0.15, -0.1) is 0 Å². The van der Waals surface area contributed by atoms with Crippen molar-refractivity contribution in [3.63, 3.8) is 0 Å². The zero-order chi connectivity index (χ0) is 29.7. The van der Waals surface area contributed by atoms with E-state index in [-0.39, 0.29) is 12.2 Å². The summed E-state index contributed by atoms with van der Waals surface area (Å²) in [6, 6.07) is 23.9. The van der Waals surface area contributed by atoms with E-state index in [9.17, 15) is 0 Å². The van der Waals surface area contributed by atoms with Gasteiger partial charge in [0.1, 0.15) is 36.0 Å². The maximum atomic E-state index is 6.09. The van der Waals surface area contributed by atoms with Crippen LogP contribution in [-0.4, -0.2) is 45.9 Å². The summed E-state index contributed by atoms with van der Waals surface area (Å²) < 4.78 is 22.9. The summed E-state index contributed by atoms with van der Waals surface area (Å²) in [7, 11) is 1.65. The Morgan fingerprint density at radius 1 is 0.773 bits per heavy atom. The van der Waals surface area contributed by atoms with Crippen LogP contribution < -0.4 is 14.2 Å². The largest absolute Gasteiger partial charge is 0.497 e. The van der Waals surface area contributed by atoms with Gasteiger partial charge in [-0.25, -0.2) is 9.97 Å². The van der Waals surface area contributed by atoms with Crippen molar-refractivity contribution in [2.75, 3.05) is 13.7 Å². The Labute approximate surface area is 255 Å². The third-order valence-electron chi connectivity index (χ3n) is 7.67. The molecular formula is C36H30N4O4. The Morgan fingerprint density at radius 2 is 1.61 bits per heavy atom. The summed E-state index contributed by atoms with van der Waals surface area (Å²) >= 11 is 0. The smallest absolute Gasteiger partial charge is 0.213 e. The summed E-state index contributed by atoms with van der Waals surface area (Å²) in [6.07, 6.45) is 9.01. The lowest BCUT2D eigenvalue weighted by molar-refractivity contribution is 0.00209. The van der Waals surface area contributed by atoms with E-state index in [1.54, 1.807) is 19.5 Å². The molecule has 1 fully saturated rings. The molecule has 0 atom stereocenters. The molecule has 4 heterocycles. The molecule has 8 nitrogen and oxygen atoms in total. The summed E-state index contributed by atoms with van der Waals surface area (Å²) in [6.45, 7) is 0.819. The Balaban J connectivity index is 0.854. The molecule has 0 amide bonds. The fraction of sp³-hybridized carbons (Fsp3) is 0.194. The number of aromatic nitrogens is 4. The number of aromatic amines is 1. The Morgan fingerprint density at radius 3 is 2.41 bits per heavy atom. The lowest BCUT2D eigenvalue weighted by Gasteiger charge is -2.34. The number of benzene rings is 2. The molecule has 0 saturated heterocycles. The van der Waals surface area contributed by atoms with Crippen LogP contribution in [0.15, 0.2) is 97.6 Å². The van der Waals surface area contributed by atoms with Crippen molar-refractivity contribution in [3.05, 3.63) is 109 Å². The zero-order valence-electron chi connectivity index (χ0n) is 24.2. The lowest BCUT2D eigenvalue weighted by atomic mass is 9.92. The standard InChI is InChI=1S/C36H30N4O4/c1-41-28-9-4-24(5-10-28)23-42-16-2-3-27-8-11-29(21-38-27)43-30-18-31(19-30)44-36-13-7-26(20-39-36)25-6-12-32-33-22-37-15-14-34(33)40-35(32)17-25/h4-15,17,20-22,30-31,40H,16,18-19,23H2,1H3/t30-,31-. The number of hydrogen-bond donors (Lipinski definition) is 1. The number of ether oxygens (including phenoxy) is 4. The van der Waals surface area contributed by atoms with Crippen molar-refractivity contribution in [3.8, 4) is 40.3 Å². The van der Waals surface area contributed by atoms with E-state index in [0.29, 0.717) is 24.8 Å². The van der Waals surface area contributed by atoms with E-state index in [2.05, 4.69) is 50.0 Å². The predicted octanol–water partition coefficient (Wildman–Crippen LogP) is 6.74. The average Bonchev–Trinajstić information content (AvgIpc) is 3.43. The molecule has 44 heavy (non-hydrogen) atoms. The number of nitrogens with zero attached hydrogens (tertiary/aromatic N) is 3. The van der Waals surface area contributed by atoms with Gasteiger partial charge >= 0.3 is 0 Å². The Hall–Kier alpha value is -5.39. The molecule has 0 aliphatic heterocycles. The molecule has 0 bridgehead atoms. The first kappa shape index (κ1) is 27.4. The fourth-order valence-corrected chi connectivity index (χ4v) is 5.21. The third-order valence-corrected chi connectivity index (χ3v) is 7.67. The van der Waals surface area contributed by atoms with E-state index in [4.69, 9.17) is 18.9 Å². The number of nitrogens with one attached hydrogen (secondary N) is 1. The minimum atomic E-state index is 0.0747. The van der Waals surface area contributed by atoms with Crippen molar-refractivity contribution >= 4 is 21.8 Å². The molecule has 0 spiro atoms. The van der Waals surface area contributed by atoms with E-state index in [1.807, 2.05) is 67.0 Å². The molecule has 2 aromatic carbocycles. The van der Waals surface area contributed by atoms with Gasteiger partial charge in [-0.3, -0.25) is 4.98 Å². The number of rotatable bonds is 9. The minimum absolute atomic E-state index is 0.0747. The van der Waals surface area contributed by atoms with Gasteiger partial charge < -0.3 is 23.9 Å². The maximum absolute atomic E-state index is 6.09. The van der Waals surface area contributed by atoms with Crippen LogP contribution in [0.5, 0.6) is 17.4 Å². The van der Waals surface area contributed by atoms with Crippen molar-refractivity contribution in [2.45, 2.75) is 31.7 Å². The van der Waals surface area contributed by atoms with Crippen LogP contribution in [-0.2, 0) is 11.3 Å². The third kappa shape index (κ3) is 6.19. The lowest BCUT2D eigenvalue weighted by Crippen LogP contribution is -2.41. The van der Waals surface area contributed by atoms with Crippen LogP contribution in [0.4, 0.5) is 0 Å². The van der Waals surface area contributed by atoms with Crippen LogP contribution >= 0.6 is 0 Å². The van der Waals surface area contributed by atoms with Crippen LogP contribution in [0.1, 0.15) is 24.1 Å². The summed E-state index contributed by atoms with van der Waals surface area (Å²) in [4.78, 5) is 16.7. The molecule has 0 radical (unpaired) electrons. The second-order valence-electron chi connectivity index (χ2n) is 10.7. The highest BCUT2D eigenvalue weighted by Crippen LogP contribution is 2.31. The van der Waals surface area contributed by atoms with Gasteiger partial charge in [-0.2, -0.15) is 0 Å². The SMILES string of the molecule is COc1ccc(COCC#Cc2ccc(O[C@H]3C[C@H](Oc4ccc(-c5ccc6c(c5)[nH]c5ccncc56)cn4)C3)cn2)cc1. The molecule has 218 valence electrons. The highest BCUT2D eigenvalue weighted by Gasteiger charge is 2.33. The highest BCUT2D eigenvalue weighted by atomic mass is 16.5. The Bertz CT molecular complexity index is 1940. The predicted molar refractivity (Wildman–Crippen MR) is 169 cm³/mol. The van der Waals surface area contributed by atoms with Gasteiger partial charge in [0.05, 0.1) is 19.9 Å². The first-order valence-electron chi connectivity index (χ1n) is 14.5. The molecule has 1 aliphatic rings. The van der Waals surface area contributed by atoms with Crippen LogP contribution in [0.25, 0.3) is 32.9 Å². The first-order chi connectivity index (χ1) is 21.7. The summed E-state index contributed by atoms with van der Waals surface area (Å²) in [5.74, 6) is 8.20. The van der Waals surface area contributed by atoms with Gasteiger partial charge in [-0.05, 0) is 59.5 Å². The van der Waals surface area contributed by atoms with Crippen molar-refractivity contribution in [1.29, 1.82) is 0 Å². The number of pyridine rings is 3. The molecule has 1 saturated carbocycles. The van der Waals surface area contributed by atoms with Gasteiger partial charge in [0.15, 0.2) is 0 Å². The van der Waals surface area contributed by atoms with Gasteiger partial charge in [0.2, 0.25) is 5.88 Å². The molecule has 1 N–H and O–H groups in total. The van der Waals surface area contributed by atoms with Gasteiger partial charge in [-0.1, -0.05) is 30.2 Å². The van der Waals surface area contributed by atoms with Crippen molar-refractivity contribution < 1.29 is 18.9 Å². The van der Waals surface area contributed by atoms with E-state index < -0.39 is 0 Å². The number of hydrogen-bond acceptors (Lipinski definition) is 7. The van der Waals surface area contributed by atoms with E-state index >= 15 is 0 Å². The van der Waals surface area contributed by atoms with Crippen LogP contribution in [0.3, 0.4) is 0 Å². The average molecular weight is 583 g/mol. The quantitative estimate of drug-likeness (QED) is 0.149. The molecule has 7 rings (SSSR count). The van der Waals surface area contributed by atoms with Crippen molar-refractivity contribution in [1.82, 2.24) is 19.9 Å². The first-order valence-corrected chi connectivity index (χ1v) is 14.5. The minimum Gasteiger partial charge on any atom is -0.497 e. The van der Waals surface area contributed by atoms with Gasteiger partial charge in [0.25, 0.3) is 0 Å². The van der Waals surface area contributed by atoms with Crippen molar-refractivity contribution in [2.24, 2.45) is 0 Å². The zero-order valence-corrected chi connectivity index (χ0v) is 24.2. The van der Waals surface area contributed by atoms with E-state index in [0.717, 1.165) is 62.8 Å². The van der Waals surface area contributed by atoms with Gasteiger partial charge in [0, 0.05) is 64.9 Å². The summed E-state index contributed by atoms with van der Waals surface area (Å²) in [5, 5.41) is 2.29. The normalized spacial score (nSPS) is 15.8. The number of methoxy groups -OCH3 is 1.